The lowest BCUT2D eigenvalue weighted by Crippen LogP contribution is -2.45. The van der Waals surface area contributed by atoms with Gasteiger partial charge in [0.1, 0.15) is 5.75 Å². The van der Waals surface area contributed by atoms with Gasteiger partial charge in [-0.1, -0.05) is 23.7 Å². The number of hydrogen-bond acceptors (Lipinski definition) is 5. The van der Waals surface area contributed by atoms with E-state index < -0.39 is 0 Å². The number of ether oxygens (including phenoxy) is 2. The SMILES string of the molecule is O=C(Nc1ccc(Oc2cccnc2)nc1)N1CCOCC1c1cccc(Cl)c1. The van der Waals surface area contributed by atoms with Gasteiger partial charge < -0.3 is 19.7 Å². The van der Waals surface area contributed by atoms with Gasteiger partial charge >= 0.3 is 6.03 Å². The number of benzene rings is 1. The lowest BCUT2D eigenvalue weighted by Gasteiger charge is -2.35. The molecule has 1 aliphatic heterocycles. The Balaban J connectivity index is 1.43. The molecule has 7 nitrogen and oxygen atoms in total. The Labute approximate surface area is 173 Å². The van der Waals surface area contributed by atoms with Crippen molar-refractivity contribution in [2.24, 2.45) is 0 Å². The summed E-state index contributed by atoms with van der Waals surface area (Å²) in [5.41, 5.74) is 1.51. The molecule has 1 aromatic carbocycles. The Morgan fingerprint density at radius 3 is 2.90 bits per heavy atom. The Kier molecular flexibility index (Phi) is 5.88. The summed E-state index contributed by atoms with van der Waals surface area (Å²) < 4.78 is 11.2. The molecule has 3 heterocycles. The normalized spacial score (nSPS) is 16.3. The zero-order valence-corrected chi connectivity index (χ0v) is 16.2. The Bertz CT molecular complexity index is 969. The quantitative estimate of drug-likeness (QED) is 0.683. The predicted octanol–water partition coefficient (Wildman–Crippen LogP) is 4.53. The first-order chi connectivity index (χ1) is 14.2. The second-order valence-electron chi connectivity index (χ2n) is 6.45. The number of carbonyl (C=O) groups is 1. The molecule has 1 fully saturated rings. The van der Waals surface area contributed by atoms with Gasteiger partial charge in [-0.2, -0.15) is 0 Å². The molecule has 2 amide bonds. The summed E-state index contributed by atoms with van der Waals surface area (Å²) in [5.74, 6) is 1.01. The van der Waals surface area contributed by atoms with Gasteiger partial charge in [-0.3, -0.25) is 4.98 Å². The standard InChI is InChI=1S/C21H19ClN4O3/c22-16-4-1-3-15(11-16)19-14-28-10-9-26(19)21(27)25-17-6-7-20(24-12-17)29-18-5-2-8-23-13-18/h1-8,11-13,19H,9-10,14H2,(H,25,27). The van der Waals surface area contributed by atoms with E-state index in [0.29, 0.717) is 42.1 Å². The molecule has 1 atom stereocenters. The first kappa shape index (κ1) is 19.2. The molecule has 29 heavy (non-hydrogen) atoms. The van der Waals surface area contributed by atoms with Gasteiger partial charge in [-0.25, -0.2) is 9.78 Å². The fourth-order valence-corrected chi connectivity index (χ4v) is 3.27. The Hall–Kier alpha value is -3.16. The Morgan fingerprint density at radius 2 is 2.14 bits per heavy atom. The lowest BCUT2D eigenvalue weighted by atomic mass is 10.1. The zero-order valence-electron chi connectivity index (χ0n) is 15.5. The van der Waals surface area contributed by atoms with E-state index in [1.165, 1.54) is 0 Å². The summed E-state index contributed by atoms with van der Waals surface area (Å²) in [5, 5.41) is 3.51. The average molecular weight is 411 g/mol. The molecule has 4 rings (SSSR count). The number of anilines is 1. The molecular formula is C21H19ClN4O3. The van der Waals surface area contributed by atoms with E-state index in [1.807, 2.05) is 18.2 Å². The molecular weight excluding hydrogens is 392 g/mol. The maximum atomic E-state index is 12.9. The van der Waals surface area contributed by atoms with Gasteiger partial charge in [0, 0.05) is 23.8 Å². The predicted molar refractivity (Wildman–Crippen MR) is 109 cm³/mol. The third kappa shape index (κ3) is 4.82. The van der Waals surface area contributed by atoms with E-state index in [9.17, 15) is 4.79 Å². The van der Waals surface area contributed by atoms with Crippen molar-refractivity contribution in [1.29, 1.82) is 0 Å². The van der Waals surface area contributed by atoms with Crippen LogP contribution in [0.5, 0.6) is 11.6 Å². The number of nitrogens with zero attached hydrogens (tertiary/aromatic N) is 3. The van der Waals surface area contributed by atoms with Crippen LogP contribution in [0.15, 0.2) is 67.1 Å². The molecule has 0 saturated carbocycles. The number of rotatable bonds is 4. The maximum Gasteiger partial charge on any atom is 0.322 e. The molecule has 1 unspecified atom stereocenters. The van der Waals surface area contributed by atoms with Crippen molar-refractivity contribution < 1.29 is 14.3 Å². The highest BCUT2D eigenvalue weighted by molar-refractivity contribution is 6.30. The molecule has 0 aliphatic carbocycles. The van der Waals surface area contributed by atoms with Crippen LogP contribution in [-0.2, 0) is 4.74 Å². The number of amides is 2. The van der Waals surface area contributed by atoms with Gasteiger partial charge in [0.15, 0.2) is 0 Å². The zero-order chi connectivity index (χ0) is 20.1. The van der Waals surface area contributed by atoms with E-state index >= 15 is 0 Å². The highest BCUT2D eigenvalue weighted by Crippen LogP contribution is 2.27. The molecule has 0 spiro atoms. The van der Waals surface area contributed by atoms with Crippen molar-refractivity contribution in [1.82, 2.24) is 14.9 Å². The van der Waals surface area contributed by atoms with Crippen LogP contribution in [0, 0.1) is 0 Å². The second kappa shape index (κ2) is 8.89. The molecule has 148 valence electrons. The van der Waals surface area contributed by atoms with Crippen molar-refractivity contribution in [3.05, 3.63) is 77.7 Å². The maximum absolute atomic E-state index is 12.9. The third-order valence-electron chi connectivity index (χ3n) is 4.47. The van der Waals surface area contributed by atoms with Gasteiger partial charge in [0.05, 0.1) is 37.3 Å². The number of aromatic nitrogens is 2. The number of nitrogens with one attached hydrogen (secondary N) is 1. The van der Waals surface area contributed by atoms with E-state index in [4.69, 9.17) is 21.1 Å². The van der Waals surface area contributed by atoms with E-state index in [1.54, 1.807) is 53.8 Å². The molecule has 1 saturated heterocycles. The van der Waals surface area contributed by atoms with Gasteiger partial charge in [-0.15, -0.1) is 0 Å². The first-order valence-electron chi connectivity index (χ1n) is 9.14. The second-order valence-corrected chi connectivity index (χ2v) is 6.88. The van der Waals surface area contributed by atoms with E-state index in [-0.39, 0.29) is 12.1 Å². The summed E-state index contributed by atoms with van der Waals surface area (Å²) >= 11 is 6.11. The van der Waals surface area contributed by atoms with Gasteiger partial charge in [0.2, 0.25) is 5.88 Å². The molecule has 0 radical (unpaired) electrons. The van der Waals surface area contributed by atoms with Crippen molar-refractivity contribution in [3.8, 4) is 11.6 Å². The van der Waals surface area contributed by atoms with Crippen LogP contribution in [0.1, 0.15) is 11.6 Å². The molecule has 8 heteroatoms. The van der Waals surface area contributed by atoms with Crippen LogP contribution < -0.4 is 10.1 Å². The van der Waals surface area contributed by atoms with Crippen LogP contribution in [0.2, 0.25) is 5.02 Å². The summed E-state index contributed by atoms with van der Waals surface area (Å²) in [6.45, 7) is 1.39. The highest BCUT2D eigenvalue weighted by atomic mass is 35.5. The smallest absolute Gasteiger partial charge is 0.322 e. The van der Waals surface area contributed by atoms with Gasteiger partial charge in [0.25, 0.3) is 0 Å². The minimum absolute atomic E-state index is 0.205. The van der Waals surface area contributed by atoms with Crippen LogP contribution in [0.3, 0.4) is 0 Å². The van der Waals surface area contributed by atoms with Gasteiger partial charge in [-0.05, 0) is 35.9 Å². The molecule has 0 bridgehead atoms. The highest BCUT2D eigenvalue weighted by Gasteiger charge is 2.29. The summed E-state index contributed by atoms with van der Waals surface area (Å²) in [6, 6.07) is 14.0. The molecule has 2 aromatic heterocycles. The van der Waals surface area contributed by atoms with Crippen LogP contribution in [0.25, 0.3) is 0 Å². The number of carbonyl (C=O) groups excluding carboxylic acids is 1. The van der Waals surface area contributed by atoms with Crippen LogP contribution >= 0.6 is 11.6 Å². The average Bonchev–Trinajstić information content (AvgIpc) is 2.76. The minimum atomic E-state index is -0.221. The van der Waals surface area contributed by atoms with Crippen molar-refractivity contribution >= 4 is 23.3 Å². The fraction of sp³-hybridized carbons (Fsp3) is 0.190. The summed E-state index contributed by atoms with van der Waals surface area (Å²) in [7, 11) is 0. The first-order valence-corrected chi connectivity index (χ1v) is 9.51. The number of hydrogen-bond donors (Lipinski definition) is 1. The monoisotopic (exact) mass is 410 g/mol. The Morgan fingerprint density at radius 1 is 1.21 bits per heavy atom. The molecule has 1 aliphatic rings. The molecule has 3 aromatic rings. The number of urea groups is 1. The number of morpholine rings is 1. The third-order valence-corrected chi connectivity index (χ3v) is 4.70. The van der Waals surface area contributed by atoms with Crippen molar-refractivity contribution in [2.75, 3.05) is 25.1 Å². The summed E-state index contributed by atoms with van der Waals surface area (Å²) in [6.07, 6.45) is 4.82. The topological polar surface area (TPSA) is 76.6 Å². The summed E-state index contributed by atoms with van der Waals surface area (Å²) in [4.78, 5) is 22.8. The minimum Gasteiger partial charge on any atom is -0.437 e. The lowest BCUT2D eigenvalue weighted by molar-refractivity contribution is 0.0148. The van der Waals surface area contributed by atoms with Crippen LogP contribution in [-0.4, -0.2) is 40.7 Å². The van der Waals surface area contributed by atoms with E-state index in [2.05, 4.69) is 15.3 Å². The number of pyridine rings is 2. The fourth-order valence-electron chi connectivity index (χ4n) is 3.07. The largest absolute Gasteiger partial charge is 0.437 e. The van der Waals surface area contributed by atoms with E-state index in [0.717, 1.165) is 5.56 Å². The van der Waals surface area contributed by atoms with Crippen molar-refractivity contribution in [2.45, 2.75) is 6.04 Å². The van der Waals surface area contributed by atoms with Crippen LogP contribution in [0.4, 0.5) is 10.5 Å². The van der Waals surface area contributed by atoms with Crippen molar-refractivity contribution in [3.63, 3.8) is 0 Å². The number of halogens is 1. The molecule has 1 N–H and O–H groups in total.